The quantitative estimate of drug-likeness (QED) is 0.521. The molecule has 3 nitrogen and oxygen atoms in total. The van der Waals surface area contributed by atoms with E-state index in [0.717, 1.165) is 30.6 Å². The summed E-state index contributed by atoms with van der Waals surface area (Å²) in [6.45, 7) is 10.2. The highest BCUT2D eigenvalue weighted by molar-refractivity contribution is 7.63. The van der Waals surface area contributed by atoms with Gasteiger partial charge in [0.2, 0.25) is 0 Å². The summed E-state index contributed by atoms with van der Waals surface area (Å²) in [6, 6.07) is 1.84. The predicted octanol–water partition coefficient (Wildman–Crippen LogP) is 5.92. The minimum atomic E-state index is -2.43. The topological polar surface area (TPSA) is 54.4 Å². The molecule has 0 aromatic carbocycles. The molecule has 25 heavy (non-hydrogen) atoms. The summed E-state index contributed by atoms with van der Waals surface area (Å²) in [5, 5.41) is 9.52. The van der Waals surface area contributed by atoms with Crippen LogP contribution in [0.1, 0.15) is 73.5 Å². The van der Waals surface area contributed by atoms with Crippen molar-refractivity contribution in [2.45, 2.75) is 65.2 Å². The number of carboxylic acids is 1. The van der Waals surface area contributed by atoms with Gasteiger partial charge in [-0.2, -0.15) is 0 Å². The van der Waals surface area contributed by atoms with Crippen LogP contribution in [0.15, 0.2) is 6.07 Å². The van der Waals surface area contributed by atoms with Gasteiger partial charge < -0.3 is 9.67 Å². The fourth-order valence-electron chi connectivity index (χ4n) is 3.29. The number of aromatic carboxylic acids is 1. The fraction of sp³-hybridized carbons (Fsp3) is 0.650. The van der Waals surface area contributed by atoms with E-state index in [1.807, 2.05) is 33.5 Å². The summed E-state index contributed by atoms with van der Waals surface area (Å²) >= 11 is 1.20. The number of hydrogen-bond donors (Lipinski definition) is 1. The zero-order valence-electron chi connectivity index (χ0n) is 15.9. The highest BCUT2D eigenvalue weighted by Gasteiger charge is 2.33. The normalized spacial score (nSPS) is 23.4. The minimum Gasteiger partial charge on any atom is -0.477 e. The molecule has 0 bridgehead atoms. The van der Waals surface area contributed by atoms with Gasteiger partial charge in [0.1, 0.15) is 4.88 Å². The first kappa shape index (κ1) is 20.3. The molecule has 0 amide bonds. The molecule has 1 aromatic heterocycles. The average Bonchev–Trinajstić information content (AvgIpc) is 2.87. The van der Waals surface area contributed by atoms with Crippen molar-refractivity contribution in [3.05, 3.63) is 21.4 Å². The lowest BCUT2D eigenvalue weighted by Crippen LogP contribution is -2.18. The molecule has 1 atom stereocenters. The Labute approximate surface area is 155 Å². The van der Waals surface area contributed by atoms with Crippen molar-refractivity contribution in [2.24, 2.45) is 11.3 Å². The molecule has 1 aromatic rings. The van der Waals surface area contributed by atoms with Gasteiger partial charge in [0.25, 0.3) is 0 Å². The molecule has 1 saturated carbocycles. The molecule has 0 saturated heterocycles. The molecule has 1 N–H and O–H groups in total. The van der Waals surface area contributed by atoms with Crippen LogP contribution in [-0.2, 0) is 10.7 Å². The van der Waals surface area contributed by atoms with Crippen LogP contribution >= 0.6 is 18.5 Å². The first-order chi connectivity index (χ1) is 11.5. The zero-order chi connectivity index (χ0) is 18.8. The minimum absolute atomic E-state index is 0.133. The van der Waals surface area contributed by atoms with Crippen LogP contribution in [0.3, 0.4) is 0 Å². The molecular weight excluding hydrogens is 351 g/mol. The Bertz CT molecular complexity index is 737. The maximum Gasteiger partial charge on any atom is 0.346 e. The Balaban J connectivity index is 2.25. The fourth-order valence-corrected chi connectivity index (χ4v) is 6.85. The molecule has 2 rings (SSSR count). The van der Waals surface area contributed by atoms with Gasteiger partial charge in [0.05, 0.1) is 12.0 Å². The zero-order valence-corrected chi connectivity index (χ0v) is 17.6. The number of carboxylic acid groups (broad SMARTS) is 1. The van der Waals surface area contributed by atoms with E-state index in [4.69, 9.17) is 0 Å². The highest BCUT2D eigenvalue weighted by atomic mass is 32.1. The maximum atomic E-state index is 13.3. The summed E-state index contributed by atoms with van der Waals surface area (Å²) < 4.78 is 13.3. The molecule has 5 heteroatoms. The van der Waals surface area contributed by atoms with Crippen LogP contribution in [0.2, 0.25) is 0 Å². The summed E-state index contributed by atoms with van der Waals surface area (Å²) in [4.78, 5) is 12.7. The molecular formula is C20H29O3PS. The second-order valence-electron chi connectivity index (χ2n) is 8.52. The largest absolute Gasteiger partial charge is 0.477 e. The number of hydrogen-bond acceptors (Lipinski definition) is 3. The highest BCUT2D eigenvalue weighted by Crippen LogP contribution is 2.56. The van der Waals surface area contributed by atoms with Crippen LogP contribution in [0.5, 0.6) is 0 Å². The maximum absolute atomic E-state index is 13.3. The van der Waals surface area contributed by atoms with E-state index in [-0.39, 0.29) is 11.1 Å². The number of thiophene rings is 1. The van der Waals surface area contributed by atoms with Crippen molar-refractivity contribution in [2.75, 3.05) is 6.66 Å². The number of carbonyl (C=O) groups is 1. The van der Waals surface area contributed by atoms with E-state index in [2.05, 4.69) is 18.8 Å². The monoisotopic (exact) mass is 380 g/mol. The van der Waals surface area contributed by atoms with Crippen molar-refractivity contribution < 1.29 is 14.5 Å². The molecule has 1 unspecified atom stereocenters. The van der Waals surface area contributed by atoms with Gasteiger partial charge in [-0.1, -0.05) is 31.6 Å². The summed E-state index contributed by atoms with van der Waals surface area (Å²) in [5.74, 6) is 6.00. The lowest BCUT2D eigenvalue weighted by Gasteiger charge is -2.31. The Morgan fingerprint density at radius 3 is 2.44 bits per heavy atom. The molecule has 1 aliphatic rings. The second kappa shape index (κ2) is 7.68. The van der Waals surface area contributed by atoms with Crippen LogP contribution in [0.4, 0.5) is 0 Å². The third kappa shape index (κ3) is 5.73. The summed E-state index contributed by atoms with van der Waals surface area (Å²) in [6.07, 6.45) is 4.62. The molecule has 1 aliphatic carbocycles. The van der Waals surface area contributed by atoms with Crippen molar-refractivity contribution in [3.63, 3.8) is 0 Å². The van der Waals surface area contributed by atoms with E-state index >= 15 is 0 Å². The third-order valence-electron chi connectivity index (χ3n) is 4.81. The van der Waals surface area contributed by atoms with E-state index < -0.39 is 13.1 Å². The molecule has 0 radical (unpaired) electrons. The van der Waals surface area contributed by atoms with E-state index in [9.17, 15) is 14.5 Å². The molecule has 0 aliphatic heterocycles. The Morgan fingerprint density at radius 2 is 1.92 bits per heavy atom. The van der Waals surface area contributed by atoms with Crippen molar-refractivity contribution >= 4 is 24.4 Å². The summed E-state index contributed by atoms with van der Waals surface area (Å²) in [5.41, 5.74) is 0.793. The molecule has 138 valence electrons. The molecule has 1 fully saturated rings. The van der Waals surface area contributed by atoms with Gasteiger partial charge in [-0.05, 0) is 57.8 Å². The van der Waals surface area contributed by atoms with Gasteiger partial charge in [0.15, 0.2) is 0 Å². The average molecular weight is 380 g/mol. The number of rotatable bonds is 4. The predicted molar refractivity (Wildman–Crippen MR) is 106 cm³/mol. The van der Waals surface area contributed by atoms with Crippen LogP contribution in [0, 0.1) is 23.2 Å². The van der Waals surface area contributed by atoms with Gasteiger partial charge >= 0.3 is 5.97 Å². The van der Waals surface area contributed by atoms with Crippen molar-refractivity contribution in [1.82, 2.24) is 0 Å². The van der Waals surface area contributed by atoms with Crippen LogP contribution in [0.25, 0.3) is 0 Å². The standard InChI is InChI=1S/C20H29O3PS/c1-14-6-8-16(9-7-14)24(5,23)13-15-12-17(10-11-20(2,3)4)25-18(15)19(21)22/h12,14,16H,6-9,13H2,1-5H3,(H,21,22). The van der Waals surface area contributed by atoms with Gasteiger partial charge in [-0.3, -0.25) is 0 Å². The SMILES string of the molecule is CC1CCC(P(C)(=O)Cc2cc(C#CC(C)(C)C)sc2C(=O)O)CC1. The van der Waals surface area contributed by atoms with E-state index in [1.165, 1.54) is 11.3 Å². The lowest BCUT2D eigenvalue weighted by atomic mass is 9.91. The van der Waals surface area contributed by atoms with Crippen LogP contribution < -0.4 is 0 Å². The third-order valence-corrected chi connectivity index (χ3v) is 8.92. The van der Waals surface area contributed by atoms with E-state index in [1.54, 1.807) is 0 Å². The first-order valence-corrected chi connectivity index (χ1v) is 12.2. The van der Waals surface area contributed by atoms with Gasteiger partial charge in [-0.25, -0.2) is 4.79 Å². The van der Waals surface area contributed by atoms with E-state index in [0.29, 0.717) is 22.5 Å². The second-order valence-corrected chi connectivity index (χ2v) is 13.0. The van der Waals surface area contributed by atoms with Gasteiger partial charge in [-0.15, -0.1) is 11.3 Å². The molecule has 1 heterocycles. The Morgan fingerprint density at radius 1 is 1.32 bits per heavy atom. The Kier molecular flexibility index (Phi) is 6.23. The molecule has 0 spiro atoms. The lowest BCUT2D eigenvalue weighted by molar-refractivity contribution is 0.0701. The van der Waals surface area contributed by atoms with Crippen LogP contribution in [-0.4, -0.2) is 23.4 Å². The Hall–Kier alpha value is -1.04. The summed E-state index contributed by atoms with van der Waals surface area (Å²) in [7, 11) is -2.43. The smallest absolute Gasteiger partial charge is 0.346 e. The van der Waals surface area contributed by atoms with Crippen molar-refractivity contribution in [1.29, 1.82) is 0 Å². The first-order valence-electron chi connectivity index (χ1n) is 8.93. The van der Waals surface area contributed by atoms with Gasteiger partial charge in [0, 0.05) is 17.2 Å². The van der Waals surface area contributed by atoms with Crippen molar-refractivity contribution in [3.8, 4) is 11.8 Å².